The van der Waals surface area contributed by atoms with Gasteiger partial charge in [-0.25, -0.2) is 0 Å². The van der Waals surface area contributed by atoms with Gasteiger partial charge in [0.1, 0.15) is 0 Å². The maximum Gasteiger partial charge on any atom is 0.435 e. The van der Waals surface area contributed by atoms with Gasteiger partial charge in [0, 0.05) is 0 Å². The number of alkyl halides is 9. The van der Waals surface area contributed by atoms with Crippen molar-refractivity contribution in [2.75, 3.05) is 0 Å². The van der Waals surface area contributed by atoms with Crippen molar-refractivity contribution < 1.29 is 70.6 Å². The molecule has 0 saturated carbocycles. The van der Waals surface area contributed by atoms with E-state index in [0.717, 1.165) is 33.7 Å². The first-order valence-electron chi connectivity index (χ1n) is 7.44. The van der Waals surface area contributed by atoms with Gasteiger partial charge in [0.05, 0.1) is 5.60 Å². The van der Waals surface area contributed by atoms with Crippen LogP contribution in [0.3, 0.4) is 0 Å². The minimum Gasteiger partial charge on any atom is -0.367 e. The second kappa shape index (κ2) is 11.9. The third-order valence-electron chi connectivity index (χ3n) is 3.23. The van der Waals surface area contributed by atoms with Gasteiger partial charge in [-0.3, -0.25) is 0 Å². The number of hydrogen-bond acceptors (Lipinski definition) is 3. The van der Waals surface area contributed by atoms with Crippen LogP contribution in [0.15, 0.2) is 3.34 Å². The average molecular weight is 605 g/mol. The van der Waals surface area contributed by atoms with Crippen LogP contribution >= 0.6 is 0 Å². The fraction of sp³-hybridized carbons (Fsp3) is 0.933. The molecule has 3 nitrogen and oxygen atoms in total. The first-order chi connectivity index (χ1) is 11.4. The van der Waals surface area contributed by atoms with Crippen molar-refractivity contribution in [2.24, 2.45) is 3.34 Å². The monoisotopic (exact) mass is 605 g/mol. The normalized spacial score (nSPS) is 13.3. The van der Waals surface area contributed by atoms with Crippen molar-refractivity contribution in [3.63, 3.8) is 0 Å². The summed E-state index contributed by atoms with van der Waals surface area (Å²) in [5.74, 6) is 0. The molecule has 0 unspecified atom stereocenters. The molecule has 0 bridgehead atoms. The summed E-state index contributed by atoms with van der Waals surface area (Å²) in [6.07, 6.45) is -18.6. The molecule has 173 valence electrons. The van der Waals surface area contributed by atoms with E-state index in [-0.39, 0.29) is 13.0 Å². The van der Waals surface area contributed by atoms with Crippen LogP contribution < -0.4 is 0 Å². The van der Waals surface area contributed by atoms with Crippen molar-refractivity contribution in [1.29, 1.82) is 0 Å². The van der Waals surface area contributed by atoms with E-state index in [1.165, 1.54) is 0 Å². The fourth-order valence-electron chi connectivity index (χ4n) is 0.553. The number of halogens is 9. The van der Waals surface area contributed by atoms with E-state index in [2.05, 4.69) is 24.1 Å². The molecule has 0 amide bonds. The third-order valence-corrected chi connectivity index (χ3v) is 5.18. The number of aliphatic hydroxyl groups is 2. The summed E-state index contributed by atoms with van der Waals surface area (Å²) in [6, 6.07) is 0. The van der Waals surface area contributed by atoms with Crippen LogP contribution in [-0.4, -0.2) is 45.5 Å². The van der Waals surface area contributed by atoms with Gasteiger partial charge in [-0.2, -0.15) is 39.5 Å². The third kappa shape index (κ3) is 12.4. The average Bonchev–Trinajstić information content (AvgIpc) is 2.43. The second-order valence-electron chi connectivity index (χ2n) is 6.64. The molecular weight excluding hydrogens is 578 g/mol. The largest absolute Gasteiger partial charge is 0.435 e. The maximum atomic E-state index is 11.4. The summed E-state index contributed by atoms with van der Waals surface area (Å²) in [4.78, 5) is 0. The van der Waals surface area contributed by atoms with E-state index < -0.39 is 29.7 Å². The van der Waals surface area contributed by atoms with Gasteiger partial charge in [-0.1, -0.05) is 6.92 Å². The molecule has 2 N–H and O–H groups in total. The molecule has 0 aliphatic carbocycles. The van der Waals surface area contributed by atoms with Crippen molar-refractivity contribution in [3.8, 4) is 0 Å². The van der Waals surface area contributed by atoms with Gasteiger partial charge in [0.25, 0.3) is 0 Å². The van der Waals surface area contributed by atoms with Crippen LogP contribution in [0.25, 0.3) is 0 Å². The van der Waals surface area contributed by atoms with Crippen molar-refractivity contribution in [3.05, 3.63) is 7.43 Å². The molecule has 0 rings (SSSR count). The minimum absolute atomic E-state index is 0. The van der Waals surface area contributed by atoms with E-state index in [1.807, 2.05) is 6.92 Å². The summed E-state index contributed by atoms with van der Waals surface area (Å²) in [7, 11) is 0. The molecule has 0 saturated heterocycles. The minimum atomic E-state index is -6.87. The molecule has 0 atom stereocenters. The number of nitrogens with zero attached hydrogens (tertiary/aromatic N) is 1. The Morgan fingerprint density at radius 2 is 0.893 bits per heavy atom. The Kier molecular flexibility index (Phi) is 15.0. The van der Waals surface area contributed by atoms with Crippen LogP contribution in [-0.2, 0) is 20.9 Å². The zero-order chi connectivity index (χ0) is 23.1. The molecule has 0 heterocycles. The van der Waals surface area contributed by atoms with Crippen LogP contribution in [0.2, 0.25) is 0 Å². The molecule has 0 spiro atoms. The first-order valence-corrected chi connectivity index (χ1v) is 8.88. The number of rotatable bonds is 3. The smallest absolute Gasteiger partial charge is 0.367 e. The van der Waals surface area contributed by atoms with Crippen LogP contribution in [0, 0.1) is 7.43 Å². The molecule has 0 aromatic rings. The predicted molar refractivity (Wildman–Crippen MR) is 82.9 cm³/mol. The van der Waals surface area contributed by atoms with Gasteiger partial charge in [0.15, 0.2) is 0 Å². The Morgan fingerprint density at radius 3 is 0.893 bits per heavy atom. The molecule has 28 heavy (non-hydrogen) atoms. The SMILES string of the molecule is CCC(C)(C)O.CCC(C)(C)[N]=[Ta].OC(C(F)(F)F)(C(F)(F)F)C(F)(F)F.[CH3-]. The Hall–Kier alpha value is -0.170. The topological polar surface area (TPSA) is 52.8 Å². The molecule has 0 aliphatic heterocycles. The van der Waals surface area contributed by atoms with Crippen molar-refractivity contribution in [1.82, 2.24) is 0 Å². The Labute approximate surface area is 171 Å². The summed E-state index contributed by atoms with van der Waals surface area (Å²) in [6.45, 7) is 12.0. The Morgan fingerprint density at radius 1 is 0.679 bits per heavy atom. The summed E-state index contributed by atoms with van der Waals surface area (Å²) in [5, 5.41) is 16.5. The van der Waals surface area contributed by atoms with Gasteiger partial charge in [0.2, 0.25) is 0 Å². The molecule has 0 radical (unpaired) electrons. The van der Waals surface area contributed by atoms with Crippen LogP contribution in [0.4, 0.5) is 39.5 Å². The van der Waals surface area contributed by atoms with Gasteiger partial charge in [-0.05, 0) is 20.3 Å². The molecular formula is C15H27F9NO2Ta-. The van der Waals surface area contributed by atoms with E-state index in [9.17, 15) is 39.5 Å². The Balaban J connectivity index is -0.000000173. The van der Waals surface area contributed by atoms with E-state index in [4.69, 9.17) is 10.2 Å². The summed E-state index contributed by atoms with van der Waals surface area (Å²) in [5.41, 5.74) is -6.89. The molecule has 13 heteroatoms. The van der Waals surface area contributed by atoms with Gasteiger partial charge >= 0.3 is 81.1 Å². The van der Waals surface area contributed by atoms with Gasteiger partial charge < -0.3 is 17.6 Å². The summed E-state index contributed by atoms with van der Waals surface area (Å²) < 4.78 is 107. The standard InChI is InChI=1S/C5H11N.C5H12O.C4HF9O.CH3.Ta/c2*1-4-5(2,3)6;5-2(6,7)1(14,3(8,9)10)4(11,12)13;;/h4H2,1-3H3;6H,4H2,1-3H3;14H;1H3;/q;;;-1;. The maximum absolute atomic E-state index is 11.4. The second-order valence-corrected chi connectivity index (χ2v) is 7.35. The molecule has 0 fully saturated rings. The zero-order valence-electron chi connectivity index (χ0n) is 16.6. The van der Waals surface area contributed by atoms with Crippen LogP contribution in [0.1, 0.15) is 54.4 Å². The Bertz CT molecular complexity index is 403. The number of hydrogen-bond donors (Lipinski definition) is 2. The molecule has 0 aliphatic rings. The zero-order valence-corrected chi connectivity index (χ0v) is 19.8. The summed E-state index contributed by atoms with van der Waals surface area (Å²) >= 11 is 1.16. The molecule has 0 aromatic heterocycles. The predicted octanol–water partition coefficient (Wildman–Crippen LogP) is 5.93. The van der Waals surface area contributed by atoms with Gasteiger partial charge in [-0.15, -0.1) is 0 Å². The van der Waals surface area contributed by atoms with Crippen molar-refractivity contribution in [2.45, 2.75) is 89.7 Å². The van der Waals surface area contributed by atoms with E-state index in [1.54, 1.807) is 13.8 Å². The first kappa shape index (κ1) is 35.3. The van der Waals surface area contributed by atoms with Crippen LogP contribution in [0.5, 0.6) is 0 Å². The molecule has 0 aromatic carbocycles. The van der Waals surface area contributed by atoms with E-state index >= 15 is 0 Å². The fourth-order valence-corrected chi connectivity index (χ4v) is 1.06. The quantitative estimate of drug-likeness (QED) is 0.310. The van der Waals surface area contributed by atoms with Crippen molar-refractivity contribution >= 4 is 0 Å². The van der Waals surface area contributed by atoms with E-state index in [0.29, 0.717) is 0 Å².